The number of hydrogen-bond acceptors (Lipinski definition) is 4. The molecular formula is C20H23FN2O4S. The Balaban J connectivity index is 1.61. The molecule has 1 aliphatic heterocycles. The summed E-state index contributed by atoms with van der Waals surface area (Å²) in [6.45, 7) is 2.85. The molecule has 2 aromatic carbocycles. The molecule has 0 radical (unpaired) electrons. The third-order valence-electron chi connectivity index (χ3n) is 4.73. The summed E-state index contributed by atoms with van der Waals surface area (Å²) in [4.78, 5) is 12.6. The summed E-state index contributed by atoms with van der Waals surface area (Å²) in [5.74, 6) is -0.522. The second-order valence-electron chi connectivity index (χ2n) is 6.55. The number of ether oxygens (including phenoxy) is 1. The lowest BCUT2D eigenvalue weighted by Crippen LogP contribution is -2.41. The Morgan fingerprint density at radius 2 is 1.79 bits per heavy atom. The standard InChI is InChI=1S/C20H23FN2O4S/c1-2-27-16-7-9-17(10-8-16)28(25,26)23-13-11-15(12-14-23)20(24)22-19-6-4-3-5-18(19)21/h3-10,15H,2,11-14H2,1H3,(H,22,24). The van der Waals surface area contributed by atoms with Crippen LogP contribution < -0.4 is 10.1 Å². The number of anilines is 1. The van der Waals surface area contributed by atoms with Gasteiger partial charge >= 0.3 is 0 Å². The maximum absolute atomic E-state index is 13.7. The van der Waals surface area contributed by atoms with Crippen LogP contribution in [0.15, 0.2) is 53.4 Å². The molecule has 3 rings (SSSR count). The highest BCUT2D eigenvalue weighted by Gasteiger charge is 2.32. The lowest BCUT2D eigenvalue weighted by Gasteiger charge is -2.30. The van der Waals surface area contributed by atoms with Gasteiger partial charge in [-0.15, -0.1) is 0 Å². The molecule has 0 aliphatic carbocycles. The topological polar surface area (TPSA) is 75.7 Å². The second kappa shape index (κ2) is 8.70. The van der Waals surface area contributed by atoms with Crippen LogP contribution in [0.4, 0.5) is 10.1 Å². The van der Waals surface area contributed by atoms with Gasteiger partial charge in [-0.05, 0) is 56.2 Å². The quantitative estimate of drug-likeness (QED) is 0.799. The number of amides is 1. The monoisotopic (exact) mass is 406 g/mol. The molecule has 0 aromatic heterocycles. The zero-order valence-corrected chi connectivity index (χ0v) is 16.4. The Bertz CT molecular complexity index is 923. The molecule has 8 heteroatoms. The Labute approximate surface area is 164 Å². The number of nitrogens with zero attached hydrogens (tertiary/aromatic N) is 1. The predicted octanol–water partition coefficient (Wildman–Crippen LogP) is 3.26. The molecular weight excluding hydrogens is 383 g/mol. The highest BCUT2D eigenvalue weighted by atomic mass is 32.2. The van der Waals surface area contributed by atoms with Crippen LogP contribution in [0.1, 0.15) is 19.8 Å². The first-order chi connectivity index (χ1) is 13.4. The summed E-state index contributed by atoms with van der Waals surface area (Å²) in [7, 11) is -3.62. The van der Waals surface area contributed by atoms with E-state index in [-0.39, 0.29) is 35.5 Å². The van der Waals surface area contributed by atoms with Gasteiger partial charge in [0.25, 0.3) is 0 Å². The summed E-state index contributed by atoms with van der Waals surface area (Å²) in [6.07, 6.45) is 0.771. The van der Waals surface area contributed by atoms with Crippen LogP contribution in [-0.4, -0.2) is 38.3 Å². The van der Waals surface area contributed by atoms with E-state index < -0.39 is 15.8 Å². The van der Waals surface area contributed by atoms with E-state index >= 15 is 0 Å². The number of rotatable bonds is 6. The third kappa shape index (κ3) is 4.51. The molecule has 1 aliphatic rings. The van der Waals surface area contributed by atoms with Gasteiger partial charge in [-0.3, -0.25) is 4.79 Å². The second-order valence-corrected chi connectivity index (χ2v) is 8.49. The van der Waals surface area contributed by atoms with Crippen molar-refractivity contribution in [2.24, 2.45) is 5.92 Å². The fraction of sp³-hybridized carbons (Fsp3) is 0.350. The van der Waals surface area contributed by atoms with Crippen molar-refractivity contribution in [1.82, 2.24) is 4.31 Å². The summed E-state index contributed by atoms with van der Waals surface area (Å²) in [5.41, 5.74) is 0.136. The van der Waals surface area contributed by atoms with E-state index in [4.69, 9.17) is 4.74 Å². The minimum atomic E-state index is -3.62. The molecule has 0 saturated carbocycles. The maximum atomic E-state index is 13.7. The molecule has 1 heterocycles. The van der Waals surface area contributed by atoms with E-state index in [0.717, 1.165) is 0 Å². The lowest BCUT2D eigenvalue weighted by atomic mass is 9.97. The first-order valence-corrected chi connectivity index (χ1v) is 10.6. The number of piperidine rings is 1. The van der Waals surface area contributed by atoms with Crippen LogP contribution in [0.3, 0.4) is 0 Å². The van der Waals surface area contributed by atoms with Crippen molar-refractivity contribution < 1.29 is 22.3 Å². The van der Waals surface area contributed by atoms with E-state index in [9.17, 15) is 17.6 Å². The molecule has 28 heavy (non-hydrogen) atoms. The van der Waals surface area contributed by atoms with Crippen LogP contribution in [0.25, 0.3) is 0 Å². The van der Waals surface area contributed by atoms with E-state index in [1.54, 1.807) is 24.3 Å². The Kier molecular flexibility index (Phi) is 6.31. The summed E-state index contributed by atoms with van der Waals surface area (Å²) in [6, 6.07) is 12.3. The molecule has 2 aromatic rings. The molecule has 150 valence electrons. The molecule has 0 atom stereocenters. The van der Waals surface area contributed by atoms with Crippen LogP contribution in [-0.2, 0) is 14.8 Å². The normalized spacial score (nSPS) is 15.9. The van der Waals surface area contributed by atoms with Crippen molar-refractivity contribution in [3.8, 4) is 5.75 Å². The van der Waals surface area contributed by atoms with Crippen molar-refractivity contribution >= 4 is 21.6 Å². The molecule has 0 unspecified atom stereocenters. The molecule has 0 spiro atoms. The van der Waals surface area contributed by atoms with E-state index in [1.165, 1.54) is 28.6 Å². The van der Waals surface area contributed by atoms with Crippen molar-refractivity contribution in [3.05, 3.63) is 54.3 Å². The average molecular weight is 406 g/mol. The van der Waals surface area contributed by atoms with Gasteiger partial charge in [-0.25, -0.2) is 12.8 Å². The molecule has 6 nitrogen and oxygen atoms in total. The summed E-state index contributed by atoms with van der Waals surface area (Å²) >= 11 is 0. The number of para-hydroxylation sites is 1. The minimum absolute atomic E-state index is 0.136. The van der Waals surface area contributed by atoms with Gasteiger partial charge in [0.15, 0.2) is 0 Å². The minimum Gasteiger partial charge on any atom is -0.494 e. The van der Waals surface area contributed by atoms with Gasteiger partial charge < -0.3 is 10.1 Å². The Morgan fingerprint density at radius 1 is 1.14 bits per heavy atom. The SMILES string of the molecule is CCOc1ccc(S(=O)(=O)N2CCC(C(=O)Nc3ccccc3F)CC2)cc1. The molecule has 1 N–H and O–H groups in total. The largest absolute Gasteiger partial charge is 0.494 e. The molecule has 1 amide bonds. The van der Waals surface area contributed by atoms with Crippen LogP contribution >= 0.6 is 0 Å². The zero-order valence-electron chi connectivity index (χ0n) is 15.6. The Hall–Kier alpha value is -2.45. The fourth-order valence-electron chi connectivity index (χ4n) is 3.18. The lowest BCUT2D eigenvalue weighted by molar-refractivity contribution is -0.120. The number of carbonyl (C=O) groups is 1. The number of halogens is 1. The summed E-state index contributed by atoms with van der Waals surface area (Å²) < 4.78 is 46.0. The van der Waals surface area contributed by atoms with Gasteiger partial charge in [0.2, 0.25) is 15.9 Å². The van der Waals surface area contributed by atoms with Crippen LogP contribution in [0.5, 0.6) is 5.75 Å². The first-order valence-electron chi connectivity index (χ1n) is 9.20. The van der Waals surface area contributed by atoms with E-state index in [0.29, 0.717) is 25.2 Å². The van der Waals surface area contributed by atoms with Crippen molar-refractivity contribution in [3.63, 3.8) is 0 Å². The molecule has 0 bridgehead atoms. The van der Waals surface area contributed by atoms with Gasteiger partial charge in [0.05, 0.1) is 17.2 Å². The van der Waals surface area contributed by atoms with Crippen molar-refractivity contribution in [2.75, 3.05) is 25.0 Å². The smallest absolute Gasteiger partial charge is 0.243 e. The predicted molar refractivity (Wildman–Crippen MR) is 104 cm³/mol. The highest BCUT2D eigenvalue weighted by Crippen LogP contribution is 2.26. The van der Waals surface area contributed by atoms with Gasteiger partial charge in [-0.1, -0.05) is 12.1 Å². The van der Waals surface area contributed by atoms with Gasteiger partial charge in [0.1, 0.15) is 11.6 Å². The number of hydrogen-bond donors (Lipinski definition) is 1. The summed E-state index contributed by atoms with van der Waals surface area (Å²) in [5, 5.41) is 2.59. The fourth-order valence-corrected chi connectivity index (χ4v) is 4.65. The number of carbonyl (C=O) groups excluding carboxylic acids is 1. The maximum Gasteiger partial charge on any atom is 0.243 e. The Morgan fingerprint density at radius 3 is 2.39 bits per heavy atom. The first kappa shape index (κ1) is 20.3. The van der Waals surface area contributed by atoms with E-state index in [1.807, 2.05) is 6.92 Å². The third-order valence-corrected chi connectivity index (χ3v) is 6.64. The van der Waals surface area contributed by atoms with E-state index in [2.05, 4.69) is 5.32 Å². The molecule has 1 saturated heterocycles. The van der Waals surface area contributed by atoms with Gasteiger partial charge in [-0.2, -0.15) is 4.31 Å². The van der Waals surface area contributed by atoms with Crippen molar-refractivity contribution in [1.29, 1.82) is 0 Å². The number of sulfonamides is 1. The van der Waals surface area contributed by atoms with Gasteiger partial charge in [0, 0.05) is 19.0 Å². The van der Waals surface area contributed by atoms with Crippen molar-refractivity contribution in [2.45, 2.75) is 24.7 Å². The molecule has 1 fully saturated rings. The number of nitrogens with one attached hydrogen (secondary N) is 1. The average Bonchev–Trinajstić information content (AvgIpc) is 2.70. The van der Waals surface area contributed by atoms with Crippen LogP contribution in [0, 0.1) is 11.7 Å². The number of benzene rings is 2. The van der Waals surface area contributed by atoms with Crippen LogP contribution in [0.2, 0.25) is 0 Å². The zero-order chi connectivity index (χ0) is 20.1. The highest BCUT2D eigenvalue weighted by molar-refractivity contribution is 7.89.